The Bertz CT molecular complexity index is 766. The summed E-state index contributed by atoms with van der Waals surface area (Å²) in [6.07, 6.45) is -3.93. The predicted molar refractivity (Wildman–Crippen MR) is 94.7 cm³/mol. The average Bonchev–Trinajstić information content (AvgIpc) is 2.59. The SMILES string of the molecule is COc1ccccc1CCNCC(=O)Nc1ccc(Cl)c(C(F)(F)F)c1. The van der Waals surface area contributed by atoms with E-state index < -0.39 is 22.7 Å². The van der Waals surface area contributed by atoms with Gasteiger partial charge >= 0.3 is 6.18 Å². The second-order valence-corrected chi connectivity index (χ2v) is 5.89. The van der Waals surface area contributed by atoms with E-state index >= 15 is 0 Å². The first-order valence-electron chi connectivity index (χ1n) is 7.80. The molecule has 2 rings (SSSR count). The summed E-state index contributed by atoms with van der Waals surface area (Å²) in [4.78, 5) is 11.9. The zero-order valence-corrected chi connectivity index (χ0v) is 14.7. The van der Waals surface area contributed by atoms with Crippen molar-refractivity contribution in [2.24, 2.45) is 0 Å². The van der Waals surface area contributed by atoms with E-state index in [2.05, 4.69) is 10.6 Å². The molecule has 0 aliphatic rings. The minimum absolute atomic E-state index is 0.0286. The van der Waals surface area contributed by atoms with E-state index in [1.807, 2.05) is 24.3 Å². The molecule has 0 saturated heterocycles. The van der Waals surface area contributed by atoms with Crippen LogP contribution in [0.2, 0.25) is 5.02 Å². The Balaban J connectivity index is 1.84. The number of carbonyl (C=O) groups is 1. The lowest BCUT2D eigenvalue weighted by molar-refractivity contribution is -0.137. The van der Waals surface area contributed by atoms with Gasteiger partial charge in [0.2, 0.25) is 5.91 Å². The minimum Gasteiger partial charge on any atom is -0.496 e. The summed E-state index contributed by atoms with van der Waals surface area (Å²) in [5.41, 5.74) is 0.0507. The molecule has 26 heavy (non-hydrogen) atoms. The molecule has 0 heterocycles. The molecule has 0 fully saturated rings. The zero-order valence-electron chi connectivity index (χ0n) is 14.0. The van der Waals surface area contributed by atoms with Crippen molar-refractivity contribution in [2.45, 2.75) is 12.6 Å². The highest BCUT2D eigenvalue weighted by molar-refractivity contribution is 6.31. The van der Waals surface area contributed by atoms with Crippen LogP contribution in [-0.2, 0) is 17.4 Å². The van der Waals surface area contributed by atoms with E-state index in [4.69, 9.17) is 16.3 Å². The van der Waals surface area contributed by atoms with Gasteiger partial charge in [-0.05, 0) is 42.8 Å². The second kappa shape index (κ2) is 8.91. The number of methoxy groups -OCH3 is 1. The van der Waals surface area contributed by atoms with Gasteiger partial charge in [0.05, 0.1) is 24.2 Å². The number of hydrogen-bond donors (Lipinski definition) is 2. The molecule has 140 valence electrons. The standard InChI is InChI=1S/C18H18ClF3N2O2/c1-26-16-5-3-2-4-12(16)8-9-23-11-17(25)24-13-6-7-15(19)14(10-13)18(20,21)22/h2-7,10,23H,8-9,11H2,1H3,(H,24,25). The molecule has 8 heteroatoms. The van der Waals surface area contributed by atoms with Gasteiger partial charge in [0, 0.05) is 5.69 Å². The Morgan fingerprint density at radius 2 is 1.92 bits per heavy atom. The van der Waals surface area contributed by atoms with Crippen LogP contribution in [0.15, 0.2) is 42.5 Å². The first kappa shape index (κ1) is 20.1. The van der Waals surface area contributed by atoms with Gasteiger partial charge in [0.15, 0.2) is 0 Å². The van der Waals surface area contributed by atoms with Crippen LogP contribution in [-0.4, -0.2) is 26.1 Å². The van der Waals surface area contributed by atoms with Crippen LogP contribution >= 0.6 is 11.6 Å². The van der Waals surface area contributed by atoms with E-state index in [9.17, 15) is 18.0 Å². The van der Waals surface area contributed by atoms with Crippen LogP contribution in [0.3, 0.4) is 0 Å². The highest BCUT2D eigenvalue weighted by Gasteiger charge is 2.33. The molecule has 0 aliphatic carbocycles. The predicted octanol–water partition coefficient (Wildman–Crippen LogP) is 4.14. The molecule has 0 saturated carbocycles. The molecule has 1 amide bonds. The van der Waals surface area contributed by atoms with E-state index in [1.54, 1.807) is 7.11 Å². The molecule has 0 radical (unpaired) electrons. The van der Waals surface area contributed by atoms with Gasteiger partial charge in [-0.1, -0.05) is 29.8 Å². The van der Waals surface area contributed by atoms with Gasteiger partial charge in [-0.15, -0.1) is 0 Å². The summed E-state index contributed by atoms with van der Waals surface area (Å²) >= 11 is 5.55. The Labute approximate surface area is 154 Å². The molecule has 0 aliphatic heterocycles. The largest absolute Gasteiger partial charge is 0.496 e. The second-order valence-electron chi connectivity index (χ2n) is 5.48. The van der Waals surface area contributed by atoms with Crippen LogP contribution < -0.4 is 15.4 Å². The zero-order chi connectivity index (χ0) is 19.2. The van der Waals surface area contributed by atoms with E-state index in [1.165, 1.54) is 6.07 Å². The highest BCUT2D eigenvalue weighted by atomic mass is 35.5. The van der Waals surface area contributed by atoms with E-state index in [0.717, 1.165) is 23.4 Å². The Morgan fingerprint density at radius 3 is 2.62 bits per heavy atom. The van der Waals surface area contributed by atoms with Gasteiger partial charge in [-0.3, -0.25) is 4.79 Å². The van der Waals surface area contributed by atoms with Gasteiger partial charge < -0.3 is 15.4 Å². The van der Waals surface area contributed by atoms with Crippen molar-refractivity contribution in [3.8, 4) is 5.75 Å². The molecule has 0 unspecified atom stereocenters. The van der Waals surface area contributed by atoms with Crippen molar-refractivity contribution in [3.05, 3.63) is 58.6 Å². The van der Waals surface area contributed by atoms with Crippen LogP contribution in [0, 0.1) is 0 Å². The summed E-state index contributed by atoms with van der Waals surface area (Å²) in [5, 5.41) is 4.95. The van der Waals surface area contributed by atoms with Crippen molar-refractivity contribution in [3.63, 3.8) is 0 Å². The lowest BCUT2D eigenvalue weighted by Crippen LogP contribution is -2.29. The van der Waals surface area contributed by atoms with Gasteiger partial charge in [0.25, 0.3) is 0 Å². The molecule has 4 nitrogen and oxygen atoms in total. The fraction of sp³-hybridized carbons (Fsp3) is 0.278. The number of nitrogens with one attached hydrogen (secondary N) is 2. The molecular weight excluding hydrogens is 369 g/mol. The smallest absolute Gasteiger partial charge is 0.417 e. The highest BCUT2D eigenvalue weighted by Crippen LogP contribution is 2.36. The Morgan fingerprint density at radius 1 is 1.19 bits per heavy atom. The van der Waals surface area contributed by atoms with Crippen molar-refractivity contribution in [2.75, 3.05) is 25.5 Å². The first-order chi connectivity index (χ1) is 12.3. The number of carbonyl (C=O) groups excluding carboxylic acids is 1. The summed E-state index contributed by atoms with van der Waals surface area (Å²) in [5.74, 6) is 0.320. The van der Waals surface area contributed by atoms with Crippen molar-refractivity contribution in [1.29, 1.82) is 0 Å². The van der Waals surface area contributed by atoms with Crippen molar-refractivity contribution < 1.29 is 22.7 Å². The van der Waals surface area contributed by atoms with E-state index in [0.29, 0.717) is 13.0 Å². The third-order valence-electron chi connectivity index (χ3n) is 3.60. The fourth-order valence-corrected chi connectivity index (χ4v) is 2.58. The van der Waals surface area contributed by atoms with Crippen molar-refractivity contribution >= 4 is 23.2 Å². The molecule has 2 N–H and O–H groups in total. The first-order valence-corrected chi connectivity index (χ1v) is 8.18. The number of rotatable bonds is 7. The molecular formula is C18H18ClF3N2O2. The van der Waals surface area contributed by atoms with Crippen molar-refractivity contribution in [1.82, 2.24) is 5.32 Å². The maximum absolute atomic E-state index is 12.8. The lowest BCUT2D eigenvalue weighted by atomic mass is 10.1. The number of para-hydroxylation sites is 1. The number of amides is 1. The van der Waals surface area contributed by atoms with Crippen LogP contribution in [0.25, 0.3) is 0 Å². The Hall–Kier alpha value is -2.25. The number of alkyl halides is 3. The maximum atomic E-state index is 12.8. The number of anilines is 1. The molecule has 2 aromatic rings. The normalized spacial score (nSPS) is 11.3. The summed E-state index contributed by atoms with van der Waals surface area (Å²) in [6.45, 7) is 0.487. The van der Waals surface area contributed by atoms with Crippen LogP contribution in [0.5, 0.6) is 5.75 Å². The van der Waals surface area contributed by atoms with E-state index in [-0.39, 0.29) is 12.2 Å². The molecule has 0 aromatic heterocycles. The number of halogens is 4. The lowest BCUT2D eigenvalue weighted by Gasteiger charge is -2.12. The monoisotopic (exact) mass is 386 g/mol. The fourth-order valence-electron chi connectivity index (χ4n) is 2.36. The third kappa shape index (κ3) is 5.64. The Kier molecular flexibility index (Phi) is 6.88. The number of benzene rings is 2. The summed E-state index contributed by atoms with van der Waals surface area (Å²) in [7, 11) is 1.58. The summed E-state index contributed by atoms with van der Waals surface area (Å²) < 4.78 is 43.7. The summed E-state index contributed by atoms with van der Waals surface area (Å²) in [6, 6.07) is 10.8. The minimum atomic E-state index is -4.58. The van der Waals surface area contributed by atoms with Crippen LogP contribution in [0.4, 0.5) is 18.9 Å². The molecule has 0 spiro atoms. The average molecular weight is 387 g/mol. The molecule has 0 atom stereocenters. The molecule has 2 aromatic carbocycles. The van der Waals surface area contributed by atoms with Gasteiger partial charge in [-0.25, -0.2) is 0 Å². The number of ether oxygens (including phenoxy) is 1. The third-order valence-corrected chi connectivity index (χ3v) is 3.93. The maximum Gasteiger partial charge on any atom is 0.417 e. The quantitative estimate of drug-likeness (QED) is 0.703. The van der Waals surface area contributed by atoms with Gasteiger partial charge in [0.1, 0.15) is 5.75 Å². The topological polar surface area (TPSA) is 50.4 Å². The molecule has 0 bridgehead atoms. The van der Waals surface area contributed by atoms with Crippen LogP contribution in [0.1, 0.15) is 11.1 Å². The number of hydrogen-bond acceptors (Lipinski definition) is 3. The van der Waals surface area contributed by atoms with Gasteiger partial charge in [-0.2, -0.15) is 13.2 Å².